The van der Waals surface area contributed by atoms with Gasteiger partial charge in [0.25, 0.3) is 0 Å². The van der Waals surface area contributed by atoms with Crippen LogP contribution in [0, 0.1) is 0 Å². The van der Waals surface area contributed by atoms with E-state index in [1.54, 1.807) is 0 Å². The van der Waals surface area contributed by atoms with Gasteiger partial charge in [-0.2, -0.15) is 0 Å². The molecule has 0 aromatic carbocycles. The third-order valence-corrected chi connectivity index (χ3v) is 0. The monoisotopic (exact) mass is 522 g/mol. The number of hydrogen-bond acceptors (Lipinski definition) is 5. The molecule has 0 spiro atoms. The van der Waals surface area contributed by atoms with Crippen molar-refractivity contribution in [3.8, 4) is 0 Å². The predicted octanol–water partition coefficient (Wildman–Crippen LogP) is -2.22. The smallest absolute Gasteiger partial charge is 1.00 e. The molecule has 0 rings (SSSR count). The summed E-state index contributed by atoms with van der Waals surface area (Å²) in [5, 5.41) is 0. The van der Waals surface area contributed by atoms with E-state index in [9.17, 15) is 0 Å². The fraction of sp³-hybridized carbons (Fsp3) is 0. The molecule has 0 aromatic rings. The van der Waals surface area contributed by atoms with E-state index in [4.69, 9.17) is 20.2 Å². The maximum atomic E-state index is 8.52. The van der Waals surface area contributed by atoms with Gasteiger partial charge in [-0.05, 0) is 0 Å². The first kappa shape index (κ1) is 16.3. The second-order valence-electron chi connectivity index (χ2n) is 0.408. The maximum absolute atomic E-state index is 8.52. The molecule has 0 aliphatic rings. The summed E-state index contributed by atoms with van der Waals surface area (Å²) in [6.45, 7) is 0. The molecule has 0 aromatic heterocycles. The molecule has 0 saturated carbocycles. The van der Waals surface area contributed by atoms with Crippen molar-refractivity contribution in [3.63, 3.8) is 0 Å². The summed E-state index contributed by atoms with van der Waals surface area (Å²) in [5.74, 6) is 0. The molecule has 0 fully saturated rings. The van der Waals surface area contributed by atoms with Crippen molar-refractivity contribution >= 4 is 63.5 Å². The topological polar surface area (TPSA) is 97.3 Å². The van der Waals surface area contributed by atoms with Gasteiger partial charge in [-0.3, -0.25) is 8.42 Å². The molecule has 0 heterocycles. The molecule has 0 saturated heterocycles. The van der Waals surface area contributed by atoms with Gasteiger partial charge in [-0.1, -0.05) is 0 Å². The molecule has 8 heteroatoms. The summed E-state index contributed by atoms with van der Waals surface area (Å²) in [5.41, 5.74) is 0. The van der Waals surface area contributed by atoms with Crippen LogP contribution in [0.5, 0.6) is 0 Å². The van der Waals surface area contributed by atoms with Crippen LogP contribution in [0.4, 0.5) is 0 Å². The van der Waals surface area contributed by atoms with Crippen LogP contribution in [-0.4, -0.2) is 70.6 Å². The summed E-state index contributed by atoms with van der Waals surface area (Å²) in [7, 11) is -5.17. The second-order valence-corrected chi connectivity index (χ2v) is 1.22. The van der Waals surface area contributed by atoms with E-state index in [1.165, 1.54) is 0 Å². The Labute approximate surface area is 82.7 Å². The molecular weight excluding hydrogens is 521 g/mol. The van der Waals surface area contributed by atoms with E-state index in [0.717, 1.165) is 0 Å². The van der Waals surface area contributed by atoms with Gasteiger partial charge in [0.05, 0.1) is 0 Å². The van der Waals surface area contributed by atoms with Gasteiger partial charge in [-0.25, -0.2) is 0 Å². The molecule has 8 heavy (non-hydrogen) atoms. The van der Waals surface area contributed by atoms with Crippen molar-refractivity contribution < 1.29 is 20.2 Å². The Kier molecular flexibility index (Phi) is 17.3. The Hall–Kier alpha value is 1.51. The molecule has 0 radical (unpaired) electrons. The molecule has 0 unspecified atom stereocenters. The van der Waals surface area contributed by atoms with Gasteiger partial charge >= 0.3 is 55.8 Å². The molecule has 5 nitrogen and oxygen atoms in total. The van der Waals surface area contributed by atoms with Crippen LogP contribution < -0.4 is 0 Å². The summed E-state index contributed by atoms with van der Waals surface area (Å²) in [4.78, 5) is 0. The summed E-state index contributed by atoms with van der Waals surface area (Å²) < 4.78 is 42.5. The molecule has 0 atom stereocenters. The fourth-order valence-corrected chi connectivity index (χ4v) is 0. The van der Waals surface area contributed by atoms with Crippen molar-refractivity contribution in [1.82, 2.24) is 0 Å². The van der Waals surface area contributed by atoms with E-state index in [0.29, 0.717) is 0 Å². The van der Waals surface area contributed by atoms with Gasteiger partial charge < -0.3 is 9.11 Å². The van der Waals surface area contributed by atoms with Gasteiger partial charge in [0, 0.05) is 10.4 Å². The van der Waals surface area contributed by atoms with E-state index in [1.807, 2.05) is 0 Å². The summed E-state index contributed by atoms with van der Waals surface area (Å²) in [6, 6.07) is 0. The third-order valence-electron chi connectivity index (χ3n) is 0. The normalized spacial score (nSPS) is 8.00. The number of hydrogen-bond donors (Lipinski definition) is 0. The van der Waals surface area contributed by atoms with Crippen molar-refractivity contribution in [2.24, 2.45) is 0 Å². The molecular formula is O5STl2. The Morgan fingerprint density at radius 1 is 1.12 bits per heavy atom. The third kappa shape index (κ3) is 139. The van der Waals surface area contributed by atoms with E-state index in [-0.39, 0.29) is 53.1 Å². The van der Waals surface area contributed by atoms with Gasteiger partial charge in [0.2, 0.25) is 0 Å². The largest absolute Gasteiger partial charge is 1.00 e. The van der Waals surface area contributed by atoms with Gasteiger partial charge in [0.15, 0.2) is 0 Å². The van der Waals surface area contributed by atoms with E-state index < -0.39 is 10.4 Å². The Morgan fingerprint density at radius 2 is 1.12 bits per heavy atom. The van der Waals surface area contributed by atoms with Crippen LogP contribution in [-0.2, 0) is 13.1 Å². The molecule has 0 amide bonds. The minimum Gasteiger partial charge on any atom is 1.00 e. The SMILES string of the molecule is O=S(=O)([O-])[O-].[O]=[Tl+].[Tl+]. The van der Waals surface area contributed by atoms with E-state index in [2.05, 4.69) is 0 Å². The van der Waals surface area contributed by atoms with Crippen LogP contribution >= 0.6 is 0 Å². The zero-order chi connectivity index (χ0) is 6.50. The van der Waals surface area contributed by atoms with Crippen LogP contribution in [0.3, 0.4) is 0 Å². The molecule has 0 bridgehead atoms. The maximum Gasteiger partial charge on any atom is 1.00 e. The molecule has 0 aliphatic heterocycles. The van der Waals surface area contributed by atoms with Crippen LogP contribution in [0.2, 0.25) is 0 Å². The fourth-order valence-electron chi connectivity index (χ4n) is 0. The standard InChI is InChI=1S/H2O4S.O.2Tl/c1-5(2,3)4;;;/h(H2,1,2,3,4);;;/q;;2*+1/p-2. The Morgan fingerprint density at radius 3 is 1.12 bits per heavy atom. The Bertz CT molecular complexity index is 104. The van der Waals surface area contributed by atoms with E-state index >= 15 is 0 Å². The van der Waals surface area contributed by atoms with Gasteiger partial charge in [0.1, 0.15) is 0 Å². The average molecular weight is 521 g/mol. The van der Waals surface area contributed by atoms with Crippen LogP contribution in [0.25, 0.3) is 0 Å². The second kappa shape index (κ2) is 8.51. The Balaban J connectivity index is -0.0000000750. The minimum atomic E-state index is -5.17. The quantitative estimate of drug-likeness (QED) is 0.205. The summed E-state index contributed by atoms with van der Waals surface area (Å²) >= 11 is -0.0833. The van der Waals surface area contributed by atoms with Crippen molar-refractivity contribution in [2.45, 2.75) is 0 Å². The number of rotatable bonds is 0. The van der Waals surface area contributed by atoms with Crippen LogP contribution in [0.1, 0.15) is 0 Å². The van der Waals surface area contributed by atoms with Crippen molar-refractivity contribution in [1.29, 1.82) is 0 Å². The minimum absolute atomic E-state index is 0. The molecule has 42 valence electrons. The predicted molar refractivity (Wildman–Crippen MR) is 22.7 cm³/mol. The zero-order valence-corrected chi connectivity index (χ0v) is 13.4. The first-order chi connectivity index (χ1) is 3.00. The molecule has 0 aliphatic carbocycles. The van der Waals surface area contributed by atoms with Crippen molar-refractivity contribution in [3.05, 3.63) is 0 Å². The van der Waals surface area contributed by atoms with Crippen molar-refractivity contribution in [2.75, 3.05) is 0 Å². The first-order valence-electron chi connectivity index (χ1n) is 0.902. The zero-order valence-electron chi connectivity index (χ0n) is 3.60. The van der Waals surface area contributed by atoms with Gasteiger partial charge in [-0.15, -0.1) is 0 Å². The molecule has 0 N–H and O–H groups in total. The van der Waals surface area contributed by atoms with Crippen LogP contribution in [0.15, 0.2) is 0 Å². The first-order valence-corrected chi connectivity index (χ1v) is 4.07. The summed E-state index contributed by atoms with van der Waals surface area (Å²) in [6.07, 6.45) is 0. The average Bonchev–Trinajstić information content (AvgIpc) is 1.36.